The maximum absolute atomic E-state index is 13.2. The lowest BCUT2D eigenvalue weighted by Gasteiger charge is -2.14. The number of nitrogens with zero attached hydrogens (tertiary/aromatic N) is 2. The fourth-order valence-electron chi connectivity index (χ4n) is 2.95. The van der Waals surface area contributed by atoms with Gasteiger partial charge in [-0.2, -0.15) is 0 Å². The van der Waals surface area contributed by atoms with Gasteiger partial charge in [-0.3, -0.25) is 4.72 Å². The number of benzene rings is 1. The van der Waals surface area contributed by atoms with Crippen molar-refractivity contribution in [1.29, 1.82) is 0 Å². The van der Waals surface area contributed by atoms with Gasteiger partial charge in [0.1, 0.15) is 21.4 Å². The van der Waals surface area contributed by atoms with Crippen molar-refractivity contribution in [2.75, 3.05) is 17.9 Å². The minimum atomic E-state index is -3.85. The van der Waals surface area contributed by atoms with Gasteiger partial charge in [-0.15, -0.1) is 11.3 Å². The molecular weight excluding hydrogens is 410 g/mol. The molecule has 0 radical (unpaired) electrons. The Kier molecular flexibility index (Phi) is 6.18. The lowest BCUT2D eigenvalue weighted by atomic mass is 10.3. The molecular formula is C20H25N3O4S2. The standard InChI is InChI=1S/C20H25N3O4S2/c1-6-26-15-8-9-18(27-7-2)16(10-15)22-29(24,25)19-11-17(23(5)14(19)4)20-21-13(3)12-28-20/h8-12,22H,6-7H2,1-5H3. The van der Waals surface area contributed by atoms with Crippen molar-refractivity contribution in [2.24, 2.45) is 7.05 Å². The number of hydrogen-bond acceptors (Lipinski definition) is 6. The second-order valence-electron chi connectivity index (χ2n) is 6.46. The number of nitrogens with one attached hydrogen (secondary N) is 1. The Morgan fingerprint density at radius 2 is 1.86 bits per heavy atom. The van der Waals surface area contributed by atoms with Crippen LogP contribution in [0, 0.1) is 13.8 Å². The smallest absolute Gasteiger partial charge is 0.263 e. The summed E-state index contributed by atoms with van der Waals surface area (Å²) in [5.41, 5.74) is 2.63. The van der Waals surface area contributed by atoms with Crippen molar-refractivity contribution in [3.63, 3.8) is 0 Å². The van der Waals surface area contributed by atoms with E-state index in [2.05, 4.69) is 9.71 Å². The minimum absolute atomic E-state index is 0.201. The van der Waals surface area contributed by atoms with E-state index in [0.717, 1.165) is 16.4 Å². The summed E-state index contributed by atoms with van der Waals surface area (Å²) in [5.74, 6) is 1.02. The summed E-state index contributed by atoms with van der Waals surface area (Å²) in [6.07, 6.45) is 0. The van der Waals surface area contributed by atoms with Gasteiger partial charge in [-0.05, 0) is 45.9 Å². The van der Waals surface area contributed by atoms with Gasteiger partial charge >= 0.3 is 0 Å². The maximum atomic E-state index is 13.2. The Hall–Kier alpha value is -2.52. The summed E-state index contributed by atoms with van der Waals surface area (Å²) in [5, 5.41) is 2.72. The summed E-state index contributed by atoms with van der Waals surface area (Å²) in [4.78, 5) is 4.68. The third-order valence-corrected chi connectivity index (χ3v) is 6.89. The number of rotatable bonds is 8. The van der Waals surface area contributed by atoms with E-state index in [1.807, 2.05) is 37.8 Å². The molecule has 0 atom stereocenters. The number of anilines is 1. The second-order valence-corrected chi connectivity index (χ2v) is 8.97. The number of hydrogen-bond donors (Lipinski definition) is 1. The van der Waals surface area contributed by atoms with Gasteiger partial charge in [-0.25, -0.2) is 13.4 Å². The fourth-order valence-corrected chi connectivity index (χ4v) is 5.15. The molecule has 0 saturated heterocycles. The van der Waals surface area contributed by atoms with Gasteiger partial charge in [0.2, 0.25) is 0 Å². The number of sulfonamides is 1. The Morgan fingerprint density at radius 1 is 1.14 bits per heavy atom. The normalized spacial score (nSPS) is 11.5. The van der Waals surface area contributed by atoms with Gasteiger partial charge in [-0.1, -0.05) is 0 Å². The van der Waals surface area contributed by atoms with Crippen LogP contribution < -0.4 is 14.2 Å². The van der Waals surface area contributed by atoms with E-state index in [0.29, 0.717) is 36.1 Å². The lowest BCUT2D eigenvalue weighted by Crippen LogP contribution is -2.15. The highest BCUT2D eigenvalue weighted by Gasteiger charge is 2.24. The molecule has 0 spiro atoms. The molecule has 0 amide bonds. The number of aryl methyl sites for hydroxylation is 1. The summed E-state index contributed by atoms with van der Waals surface area (Å²) in [7, 11) is -2.01. The van der Waals surface area contributed by atoms with Crippen LogP contribution in [0.5, 0.6) is 11.5 Å². The SMILES string of the molecule is CCOc1ccc(OCC)c(NS(=O)(=O)c2cc(-c3nc(C)cs3)n(C)c2C)c1. The maximum Gasteiger partial charge on any atom is 0.263 e. The Labute approximate surface area is 175 Å². The van der Waals surface area contributed by atoms with Crippen LogP contribution in [0.15, 0.2) is 34.5 Å². The summed E-state index contributed by atoms with van der Waals surface area (Å²) in [6, 6.07) is 6.75. The van der Waals surface area contributed by atoms with E-state index < -0.39 is 10.0 Å². The van der Waals surface area contributed by atoms with Crippen LogP contribution in [0.25, 0.3) is 10.7 Å². The molecule has 0 fully saturated rings. The number of ether oxygens (including phenoxy) is 2. The topological polar surface area (TPSA) is 82.4 Å². The molecule has 0 aliphatic rings. The highest BCUT2D eigenvalue weighted by Crippen LogP contribution is 2.34. The van der Waals surface area contributed by atoms with Crippen molar-refractivity contribution in [3.05, 3.63) is 41.0 Å². The van der Waals surface area contributed by atoms with Crippen LogP contribution in [-0.2, 0) is 17.1 Å². The highest BCUT2D eigenvalue weighted by atomic mass is 32.2. The van der Waals surface area contributed by atoms with Crippen LogP contribution in [0.3, 0.4) is 0 Å². The molecule has 2 heterocycles. The van der Waals surface area contributed by atoms with Gasteiger partial charge in [0.05, 0.1) is 24.6 Å². The fraction of sp³-hybridized carbons (Fsp3) is 0.350. The molecule has 0 aliphatic heterocycles. The molecule has 9 heteroatoms. The zero-order chi connectivity index (χ0) is 21.2. The van der Waals surface area contributed by atoms with E-state index in [1.165, 1.54) is 11.3 Å². The molecule has 1 N–H and O–H groups in total. The largest absolute Gasteiger partial charge is 0.494 e. The summed E-state index contributed by atoms with van der Waals surface area (Å²) in [6.45, 7) is 8.30. The quantitative estimate of drug-likeness (QED) is 0.568. The first-order chi connectivity index (χ1) is 13.8. The van der Waals surface area contributed by atoms with Crippen molar-refractivity contribution in [2.45, 2.75) is 32.6 Å². The first kappa shape index (κ1) is 21.2. The van der Waals surface area contributed by atoms with E-state index in [4.69, 9.17) is 9.47 Å². The molecule has 3 aromatic rings. The Balaban J connectivity index is 2.01. The molecule has 7 nitrogen and oxygen atoms in total. The predicted molar refractivity (Wildman–Crippen MR) is 116 cm³/mol. The molecule has 3 rings (SSSR count). The van der Waals surface area contributed by atoms with Crippen LogP contribution in [0.2, 0.25) is 0 Å². The number of thiazole rings is 1. The van der Waals surface area contributed by atoms with Crippen molar-refractivity contribution < 1.29 is 17.9 Å². The average Bonchev–Trinajstić information content (AvgIpc) is 3.21. The van der Waals surface area contributed by atoms with Gasteiger partial charge in [0.25, 0.3) is 10.0 Å². The molecule has 0 saturated carbocycles. The van der Waals surface area contributed by atoms with Crippen LogP contribution in [0.1, 0.15) is 25.2 Å². The first-order valence-corrected chi connectivity index (χ1v) is 11.6. The Bertz CT molecular complexity index is 1120. The van der Waals surface area contributed by atoms with E-state index in [9.17, 15) is 8.42 Å². The molecule has 0 aliphatic carbocycles. The molecule has 0 unspecified atom stereocenters. The van der Waals surface area contributed by atoms with Gasteiger partial charge in [0.15, 0.2) is 0 Å². The van der Waals surface area contributed by atoms with Crippen molar-refractivity contribution in [3.8, 4) is 22.2 Å². The monoisotopic (exact) mass is 435 g/mol. The molecule has 2 aromatic heterocycles. The predicted octanol–water partition coefficient (Wildman–Crippen LogP) is 4.36. The molecule has 156 valence electrons. The van der Waals surface area contributed by atoms with Crippen molar-refractivity contribution in [1.82, 2.24) is 9.55 Å². The lowest BCUT2D eigenvalue weighted by molar-refractivity contribution is 0.332. The van der Waals surface area contributed by atoms with Gasteiger partial charge in [0, 0.05) is 29.9 Å². The van der Waals surface area contributed by atoms with Crippen LogP contribution in [0.4, 0.5) is 5.69 Å². The Morgan fingerprint density at radius 3 is 2.48 bits per heavy atom. The van der Waals surface area contributed by atoms with E-state index >= 15 is 0 Å². The second kappa shape index (κ2) is 8.46. The zero-order valence-electron chi connectivity index (χ0n) is 17.1. The first-order valence-electron chi connectivity index (χ1n) is 9.28. The number of aromatic nitrogens is 2. The summed E-state index contributed by atoms with van der Waals surface area (Å²) < 4.78 is 42.0. The minimum Gasteiger partial charge on any atom is -0.494 e. The zero-order valence-corrected chi connectivity index (χ0v) is 18.8. The average molecular weight is 436 g/mol. The molecule has 1 aromatic carbocycles. The third kappa shape index (κ3) is 4.40. The van der Waals surface area contributed by atoms with Gasteiger partial charge < -0.3 is 14.0 Å². The molecule has 0 bridgehead atoms. The summed E-state index contributed by atoms with van der Waals surface area (Å²) >= 11 is 1.49. The van der Waals surface area contributed by atoms with Crippen LogP contribution in [-0.4, -0.2) is 31.2 Å². The third-order valence-electron chi connectivity index (χ3n) is 4.42. The van der Waals surface area contributed by atoms with Crippen LogP contribution >= 0.6 is 11.3 Å². The highest BCUT2D eigenvalue weighted by molar-refractivity contribution is 7.92. The van der Waals surface area contributed by atoms with Crippen molar-refractivity contribution >= 4 is 27.0 Å². The molecule has 29 heavy (non-hydrogen) atoms. The van der Waals surface area contributed by atoms with E-state index in [-0.39, 0.29) is 4.90 Å². The van der Waals surface area contributed by atoms with E-state index in [1.54, 1.807) is 31.2 Å².